The van der Waals surface area contributed by atoms with Crippen molar-refractivity contribution in [1.29, 1.82) is 0 Å². The van der Waals surface area contributed by atoms with Gasteiger partial charge in [-0.2, -0.15) is 8.78 Å². The molecule has 4 rings (SSSR count). The van der Waals surface area contributed by atoms with Crippen LogP contribution < -0.4 is 9.47 Å². The highest BCUT2D eigenvalue weighted by atomic mass is 19.2. The van der Waals surface area contributed by atoms with Crippen molar-refractivity contribution < 1.29 is 31.4 Å². The molecule has 35 heavy (non-hydrogen) atoms. The lowest BCUT2D eigenvalue weighted by atomic mass is 9.82. The number of halogens is 5. The number of hydrogen-bond acceptors (Lipinski definition) is 2. The Labute approximate surface area is 201 Å². The van der Waals surface area contributed by atoms with Crippen LogP contribution in [0.1, 0.15) is 54.4 Å². The van der Waals surface area contributed by atoms with Crippen LogP contribution in [0, 0.1) is 36.0 Å². The summed E-state index contributed by atoms with van der Waals surface area (Å²) < 4.78 is 81.5. The van der Waals surface area contributed by atoms with Crippen molar-refractivity contribution in [2.45, 2.75) is 45.6 Å². The molecule has 3 aromatic rings. The third-order valence-corrected chi connectivity index (χ3v) is 6.27. The van der Waals surface area contributed by atoms with E-state index < -0.39 is 29.1 Å². The fourth-order valence-electron chi connectivity index (χ4n) is 4.27. The van der Waals surface area contributed by atoms with Gasteiger partial charge >= 0.3 is 0 Å². The first-order chi connectivity index (χ1) is 16.8. The van der Waals surface area contributed by atoms with Gasteiger partial charge in [0.05, 0.1) is 6.61 Å². The standard InChI is InChI=1S/C28H25F5O2/c1-3-34-23-12-13-24(28(33)27(23)32)35-15-20-10-9-19(14-22(20)29)17-5-7-18(8-6-17)21-11-4-16(2)25(30)26(21)31/h4-5,9-14,18H,3,6-8,15H2,1-2H3. The van der Waals surface area contributed by atoms with Crippen LogP contribution >= 0.6 is 0 Å². The van der Waals surface area contributed by atoms with Crippen molar-refractivity contribution in [3.8, 4) is 11.5 Å². The van der Waals surface area contributed by atoms with E-state index in [4.69, 9.17) is 9.47 Å². The van der Waals surface area contributed by atoms with E-state index in [0.717, 1.165) is 5.57 Å². The van der Waals surface area contributed by atoms with Gasteiger partial charge < -0.3 is 9.47 Å². The van der Waals surface area contributed by atoms with Gasteiger partial charge in [-0.3, -0.25) is 0 Å². The molecule has 0 saturated carbocycles. The smallest absolute Gasteiger partial charge is 0.204 e. The maximum atomic E-state index is 14.7. The van der Waals surface area contributed by atoms with Crippen LogP contribution in [0.15, 0.2) is 48.5 Å². The van der Waals surface area contributed by atoms with E-state index in [2.05, 4.69) is 0 Å². The molecule has 0 N–H and O–H groups in total. The summed E-state index contributed by atoms with van der Waals surface area (Å²) in [5.74, 6) is -5.20. The lowest BCUT2D eigenvalue weighted by Crippen LogP contribution is -2.08. The second kappa shape index (κ2) is 10.5. The molecule has 0 bridgehead atoms. The van der Waals surface area contributed by atoms with Gasteiger partial charge in [0.2, 0.25) is 11.6 Å². The van der Waals surface area contributed by atoms with Crippen LogP contribution in [-0.4, -0.2) is 6.61 Å². The average Bonchev–Trinajstić information content (AvgIpc) is 2.86. The molecule has 0 heterocycles. The fraction of sp³-hybridized carbons (Fsp3) is 0.286. The molecule has 0 radical (unpaired) electrons. The molecule has 1 unspecified atom stereocenters. The Balaban J connectivity index is 1.44. The summed E-state index contributed by atoms with van der Waals surface area (Å²) in [7, 11) is 0. The van der Waals surface area contributed by atoms with E-state index in [1.54, 1.807) is 25.1 Å². The number of ether oxygens (including phenoxy) is 2. The molecule has 0 aromatic heterocycles. The first-order valence-corrected chi connectivity index (χ1v) is 11.5. The molecule has 0 saturated heterocycles. The fourth-order valence-corrected chi connectivity index (χ4v) is 4.27. The molecule has 7 heteroatoms. The maximum Gasteiger partial charge on any atom is 0.204 e. The Bertz CT molecular complexity index is 1270. The average molecular weight is 488 g/mol. The molecule has 184 valence electrons. The van der Waals surface area contributed by atoms with Gasteiger partial charge in [-0.05, 0) is 79.5 Å². The lowest BCUT2D eigenvalue weighted by Gasteiger charge is -2.23. The third-order valence-electron chi connectivity index (χ3n) is 6.27. The summed E-state index contributed by atoms with van der Waals surface area (Å²) in [6.07, 6.45) is 3.64. The lowest BCUT2D eigenvalue weighted by molar-refractivity contribution is 0.270. The highest BCUT2D eigenvalue weighted by molar-refractivity contribution is 5.67. The Kier molecular flexibility index (Phi) is 7.43. The van der Waals surface area contributed by atoms with Gasteiger partial charge in [-0.1, -0.05) is 30.3 Å². The van der Waals surface area contributed by atoms with Crippen molar-refractivity contribution in [2.24, 2.45) is 0 Å². The number of hydrogen-bond donors (Lipinski definition) is 0. The maximum absolute atomic E-state index is 14.7. The number of allylic oxidation sites excluding steroid dienone is 2. The number of rotatable bonds is 7. The van der Waals surface area contributed by atoms with E-state index in [-0.39, 0.29) is 41.8 Å². The van der Waals surface area contributed by atoms with E-state index in [9.17, 15) is 22.0 Å². The Morgan fingerprint density at radius 2 is 1.54 bits per heavy atom. The predicted octanol–water partition coefficient (Wildman–Crippen LogP) is 8.02. The topological polar surface area (TPSA) is 18.5 Å². The summed E-state index contributed by atoms with van der Waals surface area (Å²) in [5.41, 5.74) is 2.42. The quantitative estimate of drug-likeness (QED) is 0.314. The van der Waals surface area contributed by atoms with Gasteiger partial charge in [0.1, 0.15) is 12.4 Å². The molecular weight excluding hydrogens is 463 g/mol. The summed E-state index contributed by atoms with van der Waals surface area (Å²) in [6.45, 7) is 3.08. The van der Waals surface area contributed by atoms with Crippen molar-refractivity contribution in [3.63, 3.8) is 0 Å². The van der Waals surface area contributed by atoms with Gasteiger partial charge in [-0.15, -0.1) is 0 Å². The Hall–Kier alpha value is -3.35. The normalized spacial score (nSPS) is 15.6. The highest BCUT2D eigenvalue weighted by Gasteiger charge is 2.23. The molecule has 1 aliphatic rings. The van der Waals surface area contributed by atoms with E-state index in [1.807, 2.05) is 6.08 Å². The Morgan fingerprint density at radius 3 is 2.17 bits per heavy atom. The van der Waals surface area contributed by atoms with E-state index >= 15 is 0 Å². The molecular formula is C28H25F5O2. The molecule has 0 amide bonds. The van der Waals surface area contributed by atoms with Gasteiger partial charge in [0, 0.05) is 5.56 Å². The predicted molar refractivity (Wildman–Crippen MR) is 124 cm³/mol. The summed E-state index contributed by atoms with van der Waals surface area (Å²) in [4.78, 5) is 0. The summed E-state index contributed by atoms with van der Waals surface area (Å²) >= 11 is 0. The second-order valence-corrected chi connectivity index (χ2v) is 8.52. The zero-order valence-electron chi connectivity index (χ0n) is 19.4. The van der Waals surface area contributed by atoms with Gasteiger partial charge in [0.15, 0.2) is 23.1 Å². The van der Waals surface area contributed by atoms with Crippen molar-refractivity contribution in [1.82, 2.24) is 0 Å². The third kappa shape index (κ3) is 5.19. The minimum atomic E-state index is -1.19. The number of benzene rings is 3. The second-order valence-electron chi connectivity index (χ2n) is 8.52. The first-order valence-electron chi connectivity index (χ1n) is 11.5. The monoisotopic (exact) mass is 488 g/mol. The van der Waals surface area contributed by atoms with Crippen LogP contribution in [0.4, 0.5) is 22.0 Å². The van der Waals surface area contributed by atoms with Gasteiger partial charge in [-0.25, -0.2) is 13.2 Å². The molecule has 3 aromatic carbocycles. The first kappa shape index (κ1) is 24.8. The zero-order valence-corrected chi connectivity index (χ0v) is 19.4. The molecule has 2 nitrogen and oxygen atoms in total. The van der Waals surface area contributed by atoms with Crippen molar-refractivity contribution >= 4 is 5.57 Å². The van der Waals surface area contributed by atoms with Crippen LogP contribution in [-0.2, 0) is 6.61 Å². The molecule has 1 atom stereocenters. The Morgan fingerprint density at radius 1 is 0.829 bits per heavy atom. The largest absolute Gasteiger partial charge is 0.491 e. The number of aryl methyl sites for hydroxylation is 1. The van der Waals surface area contributed by atoms with Gasteiger partial charge in [0.25, 0.3) is 0 Å². The van der Waals surface area contributed by atoms with E-state index in [1.165, 1.54) is 31.2 Å². The molecule has 0 spiro atoms. The summed E-state index contributed by atoms with van der Waals surface area (Å²) in [5, 5.41) is 0. The highest BCUT2D eigenvalue weighted by Crippen LogP contribution is 2.38. The zero-order chi connectivity index (χ0) is 25.1. The van der Waals surface area contributed by atoms with Crippen LogP contribution in [0.5, 0.6) is 11.5 Å². The van der Waals surface area contributed by atoms with Crippen LogP contribution in [0.3, 0.4) is 0 Å². The molecule has 0 aliphatic heterocycles. The van der Waals surface area contributed by atoms with Crippen LogP contribution in [0.2, 0.25) is 0 Å². The van der Waals surface area contributed by atoms with Crippen LogP contribution in [0.25, 0.3) is 5.57 Å². The summed E-state index contributed by atoms with van der Waals surface area (Å²) in [6, 6.07) is 10.3. The van der Waals surface area contributed by atoms with Crippen molar-refractivity contribution in [2.75, 3.05) is 6.61 Å². The molecule has 0 fully saturated rings. The minimum Gasteiger partial charge on any atom is -0.491 e. The van der Waals surface area contributed by atoms with Crippen molar-refractivity contribution in [3.05, 3.63) is 99.9 Å². The molecule has 1 aliphatic carbocycles. The SMILES string of the molecule is CCOc1ccc(OCc2ccc(C3=CCC(c4ccc(C)c(F)c4F)CC3)cc2F)c(F)c1F. The van der Waals surface area contributed by atoms with E-state index in [0.29, 0.717) is 30.4 Å². The minimum absolute atomic E-state index is 0.143.